The smallest absolute Gasteiger partial charge is 0.240 e. The first-order valence-corrected chi connectivity index (χ1v) is 7.31. The van der Waals surface area contributed by atoms with Gasteiger partial charge < -0.3 is 5.32 Å². The Morgan fingerprint density at radius 1 is 1.24 bits per heavy atom. The molecule has 0 aliphatic rings. The highest BCUT2D eigenvalue weighted by Gasteiger charge is 2.11. The van der Waals surface area contributed by atoms with Crippen LogP contribution in [0.1, 0.15) is 11.8 Å². The molecule has 5 nitrogen and oxygen atoms in total. The number of nitrogens with zero attached hydrogens (tertiary/aromatic N) is 2. The lowest BCUT2D eigenvalue weighted by Gasteiger charge is -2.08. The Morgan fingerprint density at radius 3 is 2.67 bits per heavy atom. The molecule has 2 heterocycles. The standard InChI is InChI=1S/C14H14FN5S/c1-2-10-7-11-12(17-9-5-3-8(15)4-6-9)18-14(20-16)19-13(11)21-10/h3-7H,2,16H2,1H3,(H2,17,18,19,20). The maximum absolute atomic E-state index is 13.0. The van der Waals surface area contributed by atoms with Gasteiger partial charge in [-0.1, -0.05) is 6.92 Å². The van der Waals surface area contributed by atoms with Crippen molar-refractivity contribution >= 4 is 39.0 Å². The van der Waals surface area contributed by atoms with Crippen molar-refractivity contribution < 1.29 is 4.39 Å². The third-order valence-electron chi connectivity index (χ3n) is 3.03. The number of nitrogen functional groups attached to an aromatic ring is 1. The largest absolute Gasteiger partial charge is 0.340 e. The molecule has 21 heavy (non-hydrogen) atoms. The molecule has 0 aliphatic heterocycles. The molecule has 0 unspecified atom stereocenters. The minimum absolute atomic E-state index is 0.276. The fraction of sp³-hybridized carbons (Fsp3) is 0.143. The van der Waals surface area contributed by atoms with E-state index in [0.717, 1.165) is 22.3 Å². The van der Waals surface area contributed by atoms with Gasteiger partial charge in [0.2, 0.25) is 5.95 Å². The summed E-state index contributed by atoms with van der Waals surface area (Å²) in [4.78, 5) is 10.8. The van der Waals surface area contributed by atoms with Crippen molar-refractivity contribution in [2.24, 2.45) is 5.84 Å². The summed E-state index contributed by atoms with van der Waals surface area (Å²) >= 11 is 1.61. The topological polar surface area (TPSA) is 75.9 Å². The molecule has 3 rings (SSSR count). The van der Waals surface area contributed by atoms with Crippen LogP contribution in [-0.4, -0.2) is 9.97 Å². The van der Waals surface area contributed by atoms with Crippen molar-refractivity contribution in [1.82, 2.24) is 9.97 Å². The lowest BCUT2D eigenvalue weighted by molar-refractivity contribution is 0.628. The number of benzene rings is 1. The average molecular weight is 303 g/mol. The van der Waals surface area contributed by atoms with Crippen LogP contribution >= 0.6 is 11.3 Å². The molecule has 0 amide bonds. The Morgan fingerprint density at radius 2 is 2.00 bits per heavy atom. The molecule has 3 aromatic rings. The summed E-state index contributed by atoms with van der Waals surface area (Å²) in [6.07, 6.45) is 0.933. The molecule has 108 valence electrons. The predicted molar refractivity (Wildman–Crippen MR) is 84.3 cm³/mol. The van der Waals surface area contributed by atoms with Crippen LogP contribution in [0.4, 0.5) is 21.8 Å². The van der Waals surface area contributed by atoms with Gasteiger partial charge in [-0.3, -0.25) is 5.43 Å². The van der Waals surface area contributed by atoms with E-state index < -0.39 is 0 Å². The van der Waals surface area contributed by atoms with Crippen LogP contribution in [0.5, 0.6) is 0 Å². The quantitative estimate of drug-likeness (QED) is 0.508. The van der Waals surface area contributed by atoms with Gasteiger partial charge in [0, 0.05) is 10.6 Å². The monoisotopic (exact) mass is 303 g/mol. The van der Waals surface area contributed by atoms with Crippen LogP contribution in [-0.2, 0) is 6.42 Å². The van der Waals surface area contributed by atoms with Crippen LogP contribution in [0.3, 0.4) is 0 Å². The van der Waals surface area contributed by atoms with Gasteiger partial charge in [-0.25, -0.2) is 15.2 Å². The summed E-state index contributed by atoms with van der Waals surface area (Å²) in [7, 11) is 0. The summed E-state index contributed by atoms with van der Waals surface area (Å²) in [6, 6.07) is 8.17. The number of anilines is 3. The normalized spacial score (nSPS) is 10.8. The molecule has 1 aromatic carbocycles. The number of aromatic nitrogens is 2. The van der Waals surface area contributed by atoms with E-state index in [4.69, 9.17) is 5.84 Å². The number of hydrogen-bond acceptors (Lipinski definition) is 6. The van der Waals surface area contributed by atoms with E-state index in [-0.39, 0.29) is 5.82 Å². The number of hydrogen-bond donors (Lipinski definition) is 3. The highest BCUT2D eigenvalue weighted by atomic mass is 32.1. The highest BCUT2D eigenvalue weighted by Crippen LogP contribution is 2.31. The van der Waals surface area contributed by atoms with Crippen molar-refractivity contribution in [2.75, 3.05) is 10.7 Å². The molecule has 2 aromatic heterocycles. The van der Waals surface area contributed by atoms with E-state index in [1.807, 2.05) is 0 Å². The summed E-state index contributed by atoms with van der Waals surface area (Å²) < 4.78 is 13.0. The number of halogens is 1. The average Bonchev–Trinajstić information content (AvgIpc) is 2.92. The first-order valence-electron chi connectivity index (χ1n) is 6.49. The molecule has 0 fully saturated rings. The first kappa shape index (κ1) is 13.7. The summed E-state index contributed by atoms with van der Waals surface area (Å²) in [5.74, 6) is 6.13. The van der Waals surface area contributed by atoms with Crippen molar-refractivity contribution in [1.29, 1.82) is 0 Å². The van der Waals surface area contributed by atoms with E-state index in [9.17, 15) is 4.39 Å². The Bertz CT molecular complexity index is 769. The zero-order valence-electron chi connectivity index (χ0n) is 11.4. The van der Waals surface area contributed by atoms with Crippen LogP contribution in [0, 0.1) is 5.82 Å². The number of nitrogens with one attached hydrogen (secondary N) is 2. The number of nitrogens with two attached hydrogens (primary N) is 1. The molecule has 0 bridgehead atoms. The molecule has 0 saturated carbocycles. The first-order chi connectivity index (χ1) is 10.2. The van der Waals surface area contributed by atoms with Gasteiger partial charge in [0.05, 0.1) is 5.39 Å². The fourth-order valence-electron chi connectivity index (χ4n) is 1.98. The molecule has 0 aliphatic carbocycles. The maximum atomic E-state index is 13.0. The second-order valence-electron chi connectivity index (χ2n) is 4.46. The van der Waals surface area contributed by atoms with Crippen molar-refractivity contribution in [2.45, 2.75) is 13.3 Å². The Labute approximate surface area is 125 Å². The zero-order valence-corrected chi connectivity index (χ0v) is 12.2. The van der Waals surface area contributed by atoms with Crippen molar-refractivity contribution in [3.8, 4) is 0 Å². The third-order valence-corrected chi connectivity index (χ3v) is 4.20. The Hall–Kier alpha value is -2.25. The van der Waals surface area contributed by atoms with E-state index in [0.29, 0.717) is 11.8 Å². The minimum Gasteiger partial charge on any atom is -0.340 e. The number of aryl methyl sites for hydroxylation is 1. The third kappa shape index (κ3) is 2.79. The second-order valence-corrected chi connectivity index (χ2v) is 5.57. The summed E-state index contributed by atoms with van der Waals surface area (Å²) in [5, 5.41) is 4.11. The number of fused-ring (bicyclic) bond motifs is 1. The van der Waals surface area contributed by atoms with Crippen LogP contribution in [0.2, 0.25) is 0 Å². The van der Waals surface area contributed by atoms with Gasteiger partial charge in [-0.05, 0) is 36.8 Å². The van der Waals surface area contributed by atoms with Gasteiger partial charge >= 0.3 is 0 Å². The summed E-state index contributed by atoms with van der Waals surface area (Å²) in [6.45, 7) is 2.09. The lowest BCUT2D eigenvalue weighted by atomic mass is 10.2. The van der Waals surface area contributed by atoms with Crippen LogP contribution in [0.15, 0.2) is 30.3 Å². The van der Waals surface area contributed by atoms with E-state index in [1.54, 1.807) is 23.5 Å². The molecule has 0 radical (unpaired) electrons. The highest BCUT2D eigenvalue weighted by molar-refractivity contribution is 7.18. The second kappa shape index (κ2) is 5.63. The Kier molecular flexibility index (Phi) is 3.68. The maximum Gasteiger partial charge on any atom is 0.240 e. The van der Waals surface area contributed by atoms with Crippen LogP contribution in [0.25, 0.3) is 10.2 Å². The van der Waals surface area contributed by atoms with E-state index in [2.05, 4.69) is 33.7 Å². The van der Waals surface area contributed by atoms with E-state index in [1.165, 1.54) is 17.0 Å². The number of rotatable bonds is 4. The lowest BCUT2D eigenvalue weighted by Crippen LogP contribution is -2.11. The number of hydrazine groups is 1. The van der Waals surface area contributed by atoms with Gasteiger partial charge in [-0.2, -0.15) is 4.98 Å². The molecular formula is C14H14FN5S. The molecule has 4 N–H and O–H groups in total. The zero-order chi connectivity index (χ0) is 14.8. The van der Waals surface area contributed by atoms with E-state index >= 15 is 0 Å². The van der Waals surface area contributed by atoms with Gasteiger partial charge in [-0.15, -0.1) is 11.3 Å². The van der Waals surface area contributed by atoms with Gasteiger partial charge in [0.15, 0.2) is 0 Å². The number of thiophene rings is 1. The molecule has 0 spiro atoms. The molecule has 0 saturated heterocycles. The molecule has 7 heteroatoms. The summed E-state index contributed by atoms with van der Waals surface area (Å²) in [5.41, 5.74) is 3.22. The fourth-order valence-corrected chi connectivity index (χ4v) is 2.94. The molecular weight excluding hydrogens is 289 g/mol. The van der Waals surface area contributed by atoms with Gasteiger partial charge in [0.1, 0.15) is 16.5 Å². The van der Waals surface area contributed by atoms with Gasteiger partial charge in [0.25, 0.3) is 0 Å². The minimum atomic E-state index is -0.276. The van der Waals surface area contributed by atoms with Crippen molar-refractivity contribution in [3.63, 3.8) is 0 Å². The molecule has 0 atom stereocenters. The van der Waals surface area contributed by atoms with Crippen molar-refractivity contribution in [3.05, 3.63) is 41.0 Å². The van der Waals surface area contributed by atoms with Crippen LogP contribution < -0.4 is 16.6 Å². The Balaban J connectivity index is 2.06. The predicted octanol–water partition coefficient (Wildman–Crippen LogP) is 3.42. The SMILES string of the molecule is CCc1cc2c(Nc3ccc(F)cc3)nc(NN)nc2s1.